The molecule has 58 heavy (non-hydrogen) atoms. The van der Waals surface area contributed by atoms with Crippen LogP contribution in [0.5, 0.6) is 11.5 Å². The summed E-state index contributed by atoms with van der Waals surface area (Å²) in [6, 6.07) is 35.4. The Balaban J connectivity index is 0.000000209. The molecule has 2 heterocycles. The van der Waals surface area contributed by atoms with Gasteiger partial charge in [-0.25, -0.2) is 9.59 Å². The van der Waals surface area contributed by atoms with Gasteiger partial charge in [-0.1, -0.05) is 84.9 Å². The number of aliphatic hydroxyl groups excluding tert-OH is 4. The minimum Gasteiger partial charge on any atom is -0.508 e. The Bertz CT molecular complexity index is 1650. The number of hydrogen-bond acceptors (Lipinski definition) is 10. The minimum atomic E-state index is -2.27. The van der Waals surface area contributed by atoms with Gasteiger partial charge in [0.05, 0.1) is 12.2 Å². The van der Waals surface area contributed by atoms with Gasteiger partial charge in [0, 0.05) is 12.1 Å². The van der Waals surface area contributed by atoms with Crippen molar-refractivity contribution in [3.8, 4) is 11.5 Å². The van der Waals surface area contributed by atoms with Gasteiger partial charge in [-0.2, -0.15) is 0 Å². The molecule has 2 fully saturated rings. The predicted octanol–water partition coefficient (Wildman–Crippen LogP) is 5.42. The highest BCUT2D eigenvalue weighted by atomic mass is 16.4. The number of nitrogens with zero attached hydrogens (tertiary/aromatic N) is 2. The Morgan fingerprint density at radius 2 is 0.810 bits per heavy atom. The van der Waals surface area contributed by atoms with Crippen molar-refractivity contribution in [2.24, 2.45) is 11.8 Å². The van der Waals surface area contributed by atoms with Crippen molar-refractivity contribution < 1.29 is 50.4 Å². The van der Waals surface area contributed by atoms with Crippen LogP contribution in [-0.2, 0) is 22.4 Å². The van der Waals surface area contributed by atoms with E-state index in [0.717, 1.165) is 62.0 Å². The zero-order valence-electron chi connectivity index (χ0n) is 33.4. The van der Waals surface area contributed by atoms with Crippen LogP contribution < -0.4 is 0 Å². The molecular weight excluding hydrogens is 741 g/mol. The number of carbonyl (C=O) groups is 2. The molecule has 0 aromatic heterocycles. The van der Waals surface area contributed by atoms with E-state index >= 15 is 0 Å². The summed E-state index contributed by atoms with van der Waals surface area (Å²) >= 11 is 0. The summed E-state index contributed by atoms with van der Waals surface area (Å²) in [4.78, 5) is 24.3. The first-order valence-electron chi connectivity index (χ1n) is 20.0. The van der Waals surface area contributed by atoms with E-state index in [2.05, 4.69) is 84.3 Å². The van der Waals surface area contributed by atoms with Crippen LogP contribution in [0.3, 0.4) is 0 Å². The lowest BCUT2D eigenvalue weighted by Gasteiger charge is -2.38. The maximum atomic E-state index is 10.6. The van der Waals surface area contributed by atoms with Gasteiger partial charge >= 0.3 is 11.9 Å². The second kappa shape index (κ2) is 22.9. The van der Waals surface area contributed by atoms with E-state index in [1.54, 1.807) is 48.5 Å². The number of aliphatic carboxylic acids is 2. The fourth-order valence-electron chi connectivity index (χ4n) is 7.59. The van der Waals surface area contributed by atoms with Crippen LogP contribution in [0.4, 0.5) is 0 Å². The van der Waals surface area contributed by atoms with E-state index in [1.165, 1.54) is 36.8 Å². The van der Waals surface area contributed by atoms with Crippen molar-refractivity contribution in [3.63, 3.8) is 0 Å². The molecule has 0 aliphatic carbocycles. The van der Waals surface area contributed by atoms with Crippen LogP contribution in [0.1, 0.15) is 74.0 Å². The molecule has 12 nitrogen and oxygen atoms in total. The summed E-state index contributed by atoms with van der Waals surface area (Å²) in [5.41, 5.74) is 4.58. The van der Waals surface area contributed by atoms with Crippen LogP contribution in [-0.4, -0.2) is 113 Å². The first-order valence-corrected chi connectivity index (χ1v) is 20.0. The average molecular weight is 801 g/mol. The molecule has 0 unspecified atom stereocenters. The monoisotopic (exact) mass is 800 g/mol. The van der Waals surface area contributed by atoms with Crippen molar-refractivity contribution in [1.29, 1.82) is 0 Å². The second-order valence-corrected chi connectivity index (χ2v) is 15.5. The van der Waals surface area contributed by atoms with E-state index < -0.39 is 36.4 Å². The SMILES string of the molecule is C[C@@H]([C@@H](O)c1ccc(O)cc1)N1CCC(Cc2ccccc2)CC1.C[C@@H]([C@@H](O)c1ccc(O)cc1)N1CCC(Cc2ccccc2)CC1.O=C(O)[C@@H](O)[C@H](O)C(=O)O. The molecule has 314 valence electrons. The quantitative estimate of drug-likeness (QED) is 0.0856. The van der Waals surface area contributed by atoms with Gasteiger partial charge in [-0.15, -0.1) is 0 Å². The van der Waals surface area contributed by atoms with Crippen LogP contribution in [0, 0.1) is 11.8 Å². The molecule has 0 bridgehead atoms. The first-order chi connectivity index (χ1) is 27.7. The number of benzene rings is 4. The lowest BCUT2D eigenvalue weighted by Crippen LogP contribution is -2.43. The summed E-state index contributed by atoms with van der Waals surface area (Å²) < 4.78 is 0. The van der Waals surface area contributed by atoms with Gasteiger partial charge in [0.1, 0.15) is 11.5 Å². The van der Waals surface area contributed by atoms with E-state index in [-0.39, 0.29) is 23.6 Å². The zero-order valence-corrected chi connectivity index (χ0v) is 33.4. The number of carboxylic acid groups (broad SMARTS) is 2. The average Bonchev–Trinajstić information content (AvgIpc) is 3.24. The number of hydrogen-bond donors (Lipinski definition) is 8. The van der Waals surface area contributed by atoms with Crippen molar-refractivity contribution in [2.45, 2.75) is 88.9 Å². The lowest BCUT2D eigenvalue weighted by atomic mass is 9.89. The summed E-state index contributed by atoms with van der Waals surface area (Å²) in [7, 11) is 0. The maximum absolute atomic E-state index is 10.6. The second-order valence-electron chi connectivity index (χ2n) is 15.5. The number of phenols is 2. The van der Waals surface area contributed by atoms with Crippen LogP contribution in [0.15, 0.2) is 109 Å². The van der Waals surface area contributed by atoms with E-state index in [1.807, 2.05) is 0 Å². The van der Waals surface area contributed by atoms with Crippen molar-refractivity contribution in [1.82, 2.24) is 9.80 Å². The van der Waals surface area contributed by atoms with Gasteiger partial charge in [-0.05, 0) is 137 Å². The number of carboxylic acids is 2. The summed E-state index contributed by atoms with van der Waals surface area (Å²) in [5.74, 6) is -1.59. The molecule has 0 saturated carbocycles. The number of aliphatic hydroxyl groups is 4. The molecule has 12 heteroatoms. The number of piperidine rings is 2. The summed E-state index contributed by atoms with van der Waals surface area (Å²) in [5, 5.41) is 72.5. The van der Waals surface area contributed by atoms with Gasteiger partial charge < -0.3 is 40.9 Å². The maximum Gasteiger partial charge on any atom is 0.335 e. The van der Waals surface area contributed by atoms with Gasteiger partial charge in [0.25, 0.3) is 0 Å². The van der Waals surface area contributed by atoms with E-state index in [0.29, 0.717) is 0 Å². The molecular formula is C46H60N2O10. The van der Waals surface area contributed by atoms with Gasteiger partial charge in [-0.3, -0.25) is 9.80 Å². The number of likely N-dealkylation sites (tertiary alicyclic amines) is 2. The highest BCUT2D eigenvalue weighted by Gasteiger charge is 2.30. The minimum absolute atomic E-state index is 0.0900. The molecule has 6 rings (SSSR count). The van der Waals surface area contributed by atoms with Crippen molar-refractivity contribution in [2.75, 3.05) is 26.2 Å². The first kappa shape index (κ1) is 45.9. The predicted molar refractivity (Wildman–Crippen MR) is 221 cm³/mol. The van der Waals surface area contributed by atoms with Crippen LogP contribution >= 0.6 is 0 Å². The molecule has 0 spiro atoms. The smallest absolute Gasteiger partial charge is 0.335 e. The Morgan fingerprint density at radius 3 is 1.09 bits per heavy atom. The van der Waals surface area contributed by atoms with Gasteiger partial charge in [0.15, 0.2) is 12.2 Å². The Labute approximate surface area is 341 Å². The third-order valence-electron chi connectivity index (χ3n) is 11.4. The van der Waals surface area contributed by atoms with Crippen LogP contribution in [0.25, 0.3) is 0 Å². The highest BCUT2D eigenvalue weighted by Crippen LogP contribution is 2.30. The number of phenolic OH excluding ortho intramolecular Hbond substituents is 2. The molecule has 2 aliphatic rings. The number of rotatable bonds is 13. The number of aromatic hydroxyl groups is 2. The summed E-state index contributed by atoms with van der Waals surface area (Å²) in [6.07, 6.45) is 1.47. The standard InChI is InChI=1S/2C21H27NO2.C4H6O6/c2*1-16(21(24)19-7-9-20(23)10-8-19)22-13-11-18(12-14-22)15-17-5-3-2-4-6-17;5-1(3(7)8)2(6)4(9)10/h2*2-10,16,18,21,23-24H,11-15H2,1H3;1-2,5-6H,(H,7,8)(H,9,10)/t2*16-,21+;1-,2-/m000/s1. The highest BCUT2D eigenvalue weighted by molar-refractivity contribution is 5.83. The third kappa shape index (κ3) is 14.2. The van der Waals surface area contributed by atoms with Crippen LogP contribution in [0.2, 0.25) is 0 Å². The fourth-order valence-corrected chi connectivity index (χ4v) is 7.59. The lowest BCUT2D eigenvalue weighted by molar-refractivity contribution is -0.165. The topological polar surface area (TPSA) is 202 Å². The van der Waals surface area contributed by atoms with E-state index in [9.17, 15) is 30.0 Å². The molecule has 6 atom stereocenters. The molecule has 0 amide bonds. The largest absolute Gasteiger partial charge is 0.508 e. The fraction of sp³-hybridized carbons (Fsp3) is 0.435. The zero-order chi connectivity index (χ0) is 42.2. The molecule has 2 aliphatic heterocycles. The molecule has 4 aromatic rings. The summed E-state index contributed by atoms with van der Waals surface area (Å²) in [6.45, 7) is 8.33. The third-order valence-corrected chi connectivity index (χ3v) is 11.4. The molecule has 2 saturated heterocycles. The van der Waals surface area contributed by atoms with E-state index in [4.69, 9.17) is 20.4 Å². The van der Waals surface area contributed by atoms with Crippen molar-refractivity contribution in [3.05, 3.63) is 131 Å². The van der Waals surface area contributed by atoms with Crippen molar-refractivity contribution >= 4 is 11.9 Å². The normalized spacial score (nSPS) is 18.5. The Hall–Kier alpha value is -4.82. The van der Waals surface area contributed by atoms with Gasteiger partial charge in [0.2, 0.25) is 0 Å². The Kier molecular flexibility index (Phi) is 18.1. The molecule has 8 N–H and O–H groups in total. The Morgan fingerprint density at radius 1 is 0.517 bits per heavy atom. The molecule has 4 aromatic carbocycles. The molecule has 0 radical (unpaired) electrons.